The maximum Gasteiger partial charge on any atom is 0.246 e. The number of hydroxylamine groups is 6. The number of benzene rings is 2. The topological polar surface area (TPSA) is 229 Å². The van der Waals surface area contributed by atoms with E-state index >= 15 is 0 Å². The molecular formula is C44H61N7O10. The van der Waals surface area contributed by atoms with Gasteiger partial charge in [-0.2, -0.15) is 0 Å². The van der Waals surface area contributed by atoms with Crippen LogP contribution in [0.3, 0.4) is 0 Å². The van der Waals surface area contributed by atoms with Crippen LogP contribution in [-0.4, -0.2) is 111 Å². The van der Waals surface area contributed by atoms with Gasteiger partial charge in [-0.25, -0.2) is 15.2 Å². The van der Waals surface area contributed by atoms with Crippen molar-refractivity contribution in [2.45, 2.75) is 110 Å². The van der Waals surface area contributed by atoms with Crippen LogP contribution < -0.4 is 20.9 Å². The van der Waals surface area contributed by atoms with E-state index in [1.165, 1.54) is 6.92 Å². The van der Waals surface area contributed by atoms with Gasteiger partial charge in [0.25, 0.3) is 0 Å². The number of hydrogen-bond donors (Lipinski definition) is 6. The van der Waals surface area contributed by atoms with Crippen molar-refractivity contribution in [2.24, 2.45) is 0 Å². The van der Waals surface area contributed by atoms with Gasteiger partial charge in [0, 0.05) is 95.8 Å². The second-order valence-electron chi connectivity index (χ2n) is 14.8. The number of hydrogen-bond acceptors (Lipinski definition) is 10. The van der Waals surface area contributed by atoms with Crippen LogP contribution >= 0.6 is 0 Å². The third kappa shape index (κ3) is 19.4. The quantitative estimate of drug-likeness (QED) is 0.0330. The predicted octanol–water partition coefficient (Wildman–Crippen LogP) is 3.81. The van der Waals surface area contributed by atoms with E-state index in [2.05, 4.69) is 27.8 Å². The fraction of sp³-hybridized carbons (Fsp3) is 0.523. The molecule has 0 unspecified atom stereocenters. The van der Waals surface area contributed by atoms with Crippen LogP contribution in [0, 0.1) is 11.8 Å². The van der Waals surface area contributed by atoms with Crippen LogP contribution in [0.5, 0.6) is 0 Å². The maximum absolute atomic E-state index is 13.3. The van der Waals surface area contributed by atoms with E-state index in [0.29, 0.717) is 105 Å². The second-order valence-corrected chi connectivity index (χ2v) is 14.8. The molecule has 0 saturated carbocycles. The summed E-state index contributed by atoms with van der Waals surface area (Å²) in [6.45, 7) is 3.14. The van der Waals surface area contributed by atoms with E-state index in [1.807, 2.05) is 48.5 Å². The molecule has 0 saturated heterocycles. The Morgan fingerprint density at radius 1 is 0.541 bits per heavy atom. The first-order chi connectivity index (χ1) is 29.3. The van der Waals surface area contributed by atoms with Crippen molar-refractivity contribution in [3.63, 3.8) is 0 Å². The van der Waals surface area contributed by atoms with E-state index in [0.717, 1.165) is 16.7 Å². The normalized spacial score (nSPS) is 11.4. The standard InChI is InChI=1S/C44H61N7O10/c1-34(52)49(59)30-12-2-9-27-46-40(54)22-25-43(57)51(61)32-14-4-11-29-47-41(55)23-26-44(58)50(60)31-13-3-10-28-45-39(53)21-24-42(56)48-33-37-17-6-5-15-35(37)19-20-36-16-7-8-18-38(36)48/h5-8,15-18,59-61H,2-4,9-14,21-33H2,1H3,(H,45,53)(H,46,54)(H,47,55). The summed E-state index contributed by atoms with van der Waals surface area (Å²) in [7, 11) is 0. The minimum absolute atomic E-state index is 0.0362. The molecule has 0 aromatic heterocycles. The summed E-state index contributed by atoms with van der Waals surface area (Å²) >= 11 is 0. The minimum Gasteiger partial charge on any atom is -0.356 e. The lowest BCUT2D eigenvalue weighted by atomic mass is 10.0. The number of unbranched alkanes of at least 4 members (excludes halogenated alkanes) is 6. The van der Waals surface area contributed by atoms with Crippen LogP contribution in [0.4, 0.5) is 5.69 Å². The predicted molar refractivity (Wildman–Crippen MR) is 225 cm³/mol. The van der Waals surface area contributed by atoms with Crippen LogP contribution in [0.25, 0.3) is 0 Å². The fourth-order valence-corrected chi connectivity index (χ4v) is 6.31. The number of carbonyl (C=O) groups is 7. The number of anilines is 1. The highest BCUT2D eigenvalue weighted by atomic mass is 16.5. The van der Waals surface area contributed by atoms with E-state index in [9.17, 15) is 49.2 Å². The fourth-order valence-electron chi connectivity index (χ4n) is 6.31. The Bertz CT molecular complexity index is 1850. The van der Waals surface area contributed by atoms with Crippen LogP contribution in [0.2, 0.25) is 0 Å². The zero-order valence-electron chi connectivity index (χ0n) is 35.2. The summed E-state index contributed by atoms with van der Waals surface area (Å²) in [6, 6.07) is 15.2. The first kappa shape index (κ1) is 49.5. The zero-order chi connectivity index (χ0) is 44.4. The Morgan fingerprint density at radius 3 is 1.48 bits per heavy atom. The molecule has 1 aliphatic rings. The van der Waals surface area contributed by atoms with Gasteiger partial charge in [-0.05, 0) is 81.5 Å². The van der Waals surface area contributed by atoms with Gasteiger partial charge in [-0.3, -0.25) is 49.2 Å². The van der Waals surface area contributed by atoms with Crippen molar-refractivity contribution < 1.29 is 49.2 Å². The molecule has 7 amide bonds. The van der Waals surface area contributed by atoms with Gasteiger partial charge in [-0.1, -0.05) is 42.2 Å². The molecule has 0 bridgehead atoms. The van der Waals surface area contributed by atoms with Crippen molar-refractivity contribution in [1.82, 2.24) is 31.1 Å². The van der Waals surface area contributed by atoms with Gasteiger partial charge < -0.3 is 20.9 Å². The molecule has 0 fully saturated rings. The molecule has 17 heteroatoms. The summed E-state index contributed by atoms with van der Waals surface area (Å²) in [6.07, 6.45) is 4.97. The number of amides is 7. The van der Waals surface area contributed by atoms with Gasteiger partial charge in [0.1, 0.15) is 0 Å². The number of para-hydroxylation sites is 1. The molecule has 61 heavy (non-hydrogen) atoms. The van der Waals surface area contributed by atoms with Gasteiger partial charge in [0.15, 0.2) is 0 Å². The van der Waals surface area contributed by atoms with Crippen molar-refractivity contribution in [2.75, 3.05) is 44.2 Å². The molecule has 2 aromatic carbocycles. The Morgan fingerprint density at radius 2 is 0.967 bits per heavy atom. The Kier molecular flexibility index (Phi) is 22.6. The van der Waals surface area contributed by atoms with Crippen LogP contribution in [0.1, 0.15) is 120 Å². The number of rotatable bonds is 27. The number of nitrogens with zero attached hydrogens (tertiary/aromatic N) is 4. The summed E-state index contributed by atoms with van der Waals surface area (Å²) < 4.78 is 0. The molecule has 0 spiro atoms. The Labute approximate surface area is 357 Å². The lowest BCUT2D eigenvalue weighted by Crippen LogP contribution is -2.33. The zero-order valence-corrected chi connectivity index (χ0v) is 35.2. The van der Waals surface area contributed by atoms with Crippen molar-refractivity contribution in [3.05, 3.63) is 65.2 Å². The molecule has 1 heterocycles. The molecule has 2 aromatic rings. The first-order valence-electron chi connectivity index (χ1n) is 21.1. The van der Waals surface area contributed by atoms with Crippen molar-refractivity contribution in [3.8, 4) is 11.8 Å². The third-order valence-corrected chi connectivity index (χ3v) is 9.92. The number of nitrogens with one attached hydrogen (secondary N) is 3. The summed E-state index contributed by atoms with van der Waals surface area (Å²) in [5.74, 6) is 3.71. The highest BCUT2D eigenvalue weighted by molar-refractivity contribution is 5.97. The summed E-state index contributed by atoms with van der Waals surface area (Å²) in [5.41, 5.74) is 3.26. The van der Waals surface area contributed by atoms with E-state index in [1.54, 1.807) is 4.90 Å². The second kappa shape index (κ2) is 27.8. The Balaban J connectivity index is 1.15. The molecule has 332 valence electrons. The van der Waals surface area contributed by atoms with Crippen LogP contribution in [0.15, 0.2) is 48.5 Å². The summed E-state index contributed by atoms with van der Waals surface area (Å²) in [4.78, 5) is 87.1. The average Bonchev–Trinajstić information content (AvgIpc) is 3.24. The lowest BCUT2D eigenvalue weighted by Gasteiger charge is -2.26. The molecule has 17 nitrogen and oxygen atoms in total. The van der Waals surface area contributed by atoms with E-state index in [4.69, 9.17) is 0 Å². The molecule has 0 radical (unpaired) electrons. The summed E-state index contributed by atoms with van der Waals surface area (Å²) in [5, 5.41) is 39.5. The van der Waals surface area contributed by atoms with E-state index in [-0.39, 0.29) is 81.8 Å². The molecule has 0 aliphatic carbocycles. The number of fused-ring (bicyclic) bond motifs is 2. The van der Waals surface area contributed by atoms with Gasteiger partial charge in [0.2, 0.25) is 41.4 Å². The molecule has 6 N–H and O–H groups in total. The van der Waals surface area contributed by atoms with Gasteiger partial charge in [-0.15, -0.1) is 0 Å². The molecule has 1 aliphatic heterocycles. The third-order valence-electron chi connectivity index (χ3n) is 9.92. The smallest absolute Gasteiger partial charge is 0.246 e. The first-order valence-corrected chi connectivity index (χ1v) is 21.1. The highest BCUT2D eigenvalue weighted by Gasteiger charge is 2.22. The molecular weight excluding hydrogens is 787 g/mol. The largest absolute Gasteiger partial charge is 0.356 e. The maximum atomic E-state index is 13.3. The van der Waals surface area contributed by atoms with Gasteiger partial charge in [0.05, 0.1) is 12.2 Å². The SMILES string of the molecule is CC(=O)N(O)CCCCCNC(=O)CCC(=O)N(O)CCCCCNC(=O)CCC(=O)N(O)CCCCCNC(=O)CCC(=O)N1Cc2ccccc2C#Cc2ccccc21. The van der Waals surface area contributed by atoms with Crippen molar-refractivity contribution >= 4 is 47.0 Å². The van der Waals surface area contributed by atoms with E-state index < -0.39 is 17.7 Å². The van der Waals surface area contributed by atoms with Crippen molar-refractivity contribution in [1.29, 1.82) is 0 Å². The molecule has 0 atom stereocenters. The minimum atomic E-state index is -0.575. The lowest BCUT2D eigenvalue weighted by molar-refractivity contribution is -0.166. The highest BCUT2D eigenvalue weighted by Crippen LogP contribution is 2.26. The Hall–Kier alpha value is -5.83. The number of carbonyl (C=O) groups excluding carboxylic acids is 7. The monoisotopic (exact) mass is 847 g/mol. The average molecular weight is 848 g/mol. The molecule has 3 rings (SSSR count). The van der Waals surface area contributed by atoms with Crippen LogP contribution in [-0.2, 0) is 40.1 Å². The van der Waals surface area contributed by atoms with Gasteiger partial charge >= 0.3 is 0 Å².